The molecule has 4 nitrogen and oxygen atoms in total. The van der Waals surface area contributed by atoms with Gasteiger partial charge in [-0.3, -0.25) is 9.78 Å². The van der Waals surface area contributed by atoms with Gasteiger partial charge in [-0.15, -0.1) is 24.8 Å². The van der Waals surface area contributed by atoms with Crippen LogP contribution < -0.4 is 11.1 Å². The van der Waals surface area contributed by atoms with Crippen molar-refractivity contribution in [3.05, 3.63) is 24.5 Å². The number of nitrogens with zero attached hydrogens (tertiary/aromatic N) is 1. The number of pyridine rings is 1. The molecule has 0 saturated heterocycles. The second-order valence-electron chi connectivity index (χ2n) is 3.96. The lowest BCUT2D eigenvalue weighted by atomic mass is 10.0. The lowest BCUT2D eigenvalue weighted by Crippen LogP contribution is -2.36. The summed E-state index contributed by atoms with van der Waals surface area (Å²) in [5.74, 6) is 0.276. The van der Waals surface area contributed by atoms with Gasteiger partial charge in [-0.05, 0) is 24.5 Å². The van der Waals surface area contributed by atoms with Crippen molar-refractivity contribution >= 4 is 36.4 Å². The molecule has 98 valence electrons. The minimum Gasteiger partial charge on any atom is -0.325 e. The summed E-state index contributed by atoms with van der Waals surface area (Å²) in [4.78, 5) is 15.5. The van der Waals surface area contributed by atoms with E-state index in [2.05, 4.69) is 10.3 Å². The summed E-state index contributed by atoms with van der Waals surface area (Å²) in [6, 6.07) is 3.03. The highest BCUT2D eigenvalue weighted by Gasteiger charge is 2.14. The van der Waals surface area contributed by atoms with E-state index >= 15 is 0 Å². The maximum atomic E-state index is 11.6. The fraction of sp³-hybridized carbons (Fsp3) is 0.455. The molecule has 1 amide bonds. The molecule has 1 atom stereocenters. The molecule has 1 aromatic rings. The summed E-state index contributed by atoms with van der Waals surface area (Å²) in [7, 11) is 0. The second kappa shape index (κ2) is 9.22. The summed E-state index contributed by atoms with van der Waals surface area (Å²) in [6.45, 7) is 4.08. The summed E-state index contributed by atoms with van der Waals surface area (Å²) < 4.78 is 0. The van der Waals surface area contributed by atoms with Gasteiger partial charge in [0.15, 0.2) is 0 Å². The average molecular weight is 280 g/mol. The molecule has 0 aliphatic rings. The van der Waals surface area contributed by atoms with Gasteiger partial charge in [-0.25, -0.2) is 0 Å². The molecular formula is C11H19Cl2N3O. The van der Waals surface area contributed by atoms with Crippen molar-refractivity contribution < 1.29 is 4.79 Å². The highest BCUT2D eigenvalue weighted by atomic mass is 35.5. The second-order valence-corrected chi connectivity index (χ2v) is 3.96. The normalized spacial score (nSPS) is 11.1. The van der Waals surface area contributed by atoms with Crippen LogP contribution in [0.3, 0.4) is 0 Å². The van der Waals surface area contributed by atoms with Crippen molar-refractivity contribution in [1.82, 2.24) is 4.98 Å². The first kappa shape index (κ1) is 18.5. The SMILES string of the molecule is CC(C)C[C@H](N)C(=O)Nc1ccncc1.Cl.Cl. The number of amides is 1. The third kappa shape index (κ3) is 7.15. The molecule has 0 radical (unpaired) electrons. The van der Waals surface area contributed by atoms with Gasteiger partial charge in [0.1, 0.15) is 0 Å². The summed E-state index contributed by atoms with van der Waals surface area (Å²) in [6.07, 6.45) is 3.95. The number of halogens is 2. The topological polar surface area (TPSA) is 68.0 Å². The zero-order valence-electron chi connectivity index (χ0n) is 9.92. The molecule has 17 heavy (non-hydrogen) atoms. The fourth-order valence-corrected chi connectivity index (χ4v) is 1.29. The van der Waals surface area contributed by atoms with E-state index in [9.17, 15) is 4.79 Å². The molecule has 0 spiro atoms. The molecule has 0 saturated carbocycles. The molecule has 0 bridgehead atoms. The molecule has 3 N–H and O–H groups in total. The van der Waals surface area contributed by atoms with Crippen LogP contribution in [0.15, 0.2) is 24.5 Å². The monoisotopic (exact) mass is 279 g/mol. The van der Waals surface area contributed by atoms with Gasteiger partial charge < -0.3 is 11.1 Å². The standard InChI is InChI=1S/C11H17N3O.2ClH/c1-8(2)7-10(12)11(15)14-9-3-5-13-6-4-9;;/h3-6,8,10H,7,12H2,1-2H3,(H,13,14,15);2*1H/t10-;;/m0../s1. The first-order valence-electron chi connectivity index (χ1n) is 5.06. The Hall–Kier alpha value is -0.840. The number of aromatic nitrogens is 1. The van der Waals surface area contributed by atoms with Crippen molar-refractivity contribution in [1.29, 1.82) is 0 Å². The Morgan fingerprint density at radius 1 is 1.35 bits per heavy atom. The van der Waals surface area contributed by atoms with E-state index in [1.807, 2.05) is 13.8 Å². The third-order valence-corrected chi connectivity index (χ3v) is 2.01. The van der Waals surface area contributed by atoms with Crippen LogP contribution in [0.25, 0.3) is 0 Å². The minimum atomic E-state index is -0.446. The molecule has 6 heteroatoms. The Kier molecular flexibility index (Phi) is 10.0. The quantitative estimate of drug-likeness (QED) is 0.888. The molecule has 0 aliphatic heterocycles. The van der Waals surface area contributed by atoms with Crippen molar-refractivity contribution in [3.8, 4) is 0 Å². The zero-order chi connectivity index (χ0) is 11.3. The number of hydrogen-bond donors (Lipinski definition) is 2. The summed E-state index contributed by atoms with van der Waals surface area (Å²) >= 11 is 0. The van der Waals surface area contributed by atoms with Gasteiger partial charge in [0.25, 0.3) is 0 Å². The molecule has 1 rings (SSSR count). The van der Waals surface area contributed by atoms with Gasteiger partial charge >= 0.3 is 0 Å². The maximum absolute atomic E-state index is 11.6. The minimum absolute atomic E-state index is 0. The smallest absolute Gasteiger partial charge is 0.241 e. The molecule has 0 fully saturated rings. The molecule has 0 aromatic carbocycles. The lowest BCUT2D eigenvalue weighted by molar-refractivity contribution is -0.117. The van der Waals surface area contributed by atoms with E-state index in [0.29, 0.717) is 12.3 Å². The van der Waals surface area contributed by atoms with Crippen molar-refractivity contribution in [2.45, 2.75) is 26.3 Å². The highest BCUT2D eigenvalue weighted by Crippen LogP contribution is 2.07. The molecule has 0 unspecified atom stereocenters. The van der Waals surface area contributed by atoms with Gasteiger partial charge in [-0.1, -0.05) is 13.8 Å². The number of carbonyl (C=O) groups is 1. The first-order valence-corrected chi connectivity index (χ1v) is 5.06. The number of carbonyl (C=O) groups excluding carboxylic acids is 1. The van der Waals surface area contributed by atoms with E-state index in [0.717, 1.165) is 5.69 Å². The van der Waals surface area contributed by atoms with Crippen LogP contribution in [-0.4, -0.2) is 16.9 Å². The fourth-order valence-electron chi connectivity index (χ4n) is 1.29. The number of nitrogens with two attached hydrogens (primary N) is 1. The van der Waals surface area contributed by atoms with Crippen LogP contribution in [0, 0.1) is 5.92 Å². The van der Waals surface area contributed by atoms with Gasteiger partial charge in [0.2, 0.25) is 5.91 Å². The summed E-state index contributed by atoms with van der Waals surface area (Å²) in [5.41, 5.74) is 6.47. The lowest BCUT2D eigenvalue weighted by Gasteiger charge is -2.13. The largest absolute Gasteiger partial charge is 0.325 e. The van der Waals surface area contributed by atoms with Crippen LogP contribution in [0.5, 0.6) is 0 Å². The van der Waals surface area contributed by atoms with Crippen molar-refractivity contribution in [2.24, 2.45) is 11.7 Å². The van der Waals surface area contributed by atoms with Crippen LogP contribution in [-0.2, 0) is 4.79 Å². The van der Waals surface area contributed by atoms with Crippen molar-refractivity contribution in [2.75, 3.05) is 5.32 Å². The molecule has 0 aliphatic carbocycles. The van der Waals surface area contributed by atoms with Crippen LogP contribution in [0.1, 0.15) is 20.3 Å². The van der Waals surface area contributed by atoms with Crippen LogP contribution in [0.4, 0.5) is 5.69 Å². The van der Waals surface area contributed by atoms with E-state index in [1.54, 1.807) is 24.5 Å². The summed E-state index contributed by atoms with van der Waals surface area (Å²) in [5, 5.41) is 2.74. The van der Waals surface area contributed by atoms with Crippen LogP contribution >= 0.6 is 24.8 Å². The Labute approximate surface area is 114 Å². The number of hydrogen-bond acceptors (Lipinski definition) is 3. The Morgan fingerprint density at radius 3 is 2.35 bits per heavy atom. The molecular weight excluding hydrogens is 261 g/mol. The predicted molar refractivity (Wildman–Crippen MR) is 74.8 cm³/mol. The Balaban J connectivity index is 0. The van der Waals surface area contributed by atoms with Gasteiger partial charge in [0.05, 0.1) is 6.04 Å². The maximum Gasteiger partial charge on any atom is 0.241 e. The van der Waals surface area contributed by atoms with E-state index in [1.165, 1.54) is 0 Å². The predicted octanol–water partition coefficient (Wildman–Crippen LogP) is 2.24. The Bertz CT molecular complexity index is 320. The average Bonchev–Trinajstić information content (AvgIpc) is 2.18. The number of nitrogens with one attached hydrogen (secondary N) is 1. The van der Waals surface area contributed by atoms with Crippen molar-refractivity contribution in [3.63, 3.8) is 0 Å². The van der Waals surface area contributed by atoms with Gasteiger partial charge in [0, 0.05) is 18.1 Å². The van der Waals surface area contributed by atoms with E-state index in [-0.39, 0.29) is 30.7 Å². The van der Waals surface area contributed by atoms with E-state index in [4.69, 9.17) is 5.73 Å². The Morgan fingerprint density at radius 2 is 1.88 bits per heavy atom. The molecule has 1 aromatic heterocycles. The first-order chi connectivity index (χ1) is 7.09. The number of rotatable bonds is 4. The molecule has 1 heterocycles. The number of anilines is 1. The highest BCUT2D eigenvalue weighted by molar-refractivity contribution is 5.94. The van der Waals surface area contributed by atoms with Crippen LogP contribution in [0.2, 0.25) is 0 Å². The van der Waals surface area contributed by atoms with Gasteiger partial charge in [-0.2, -0.15) is 0 Å². The van der Waals surface area contributed by atoms with E-state index < -0.39 is 6.04 Å². The third-order valence-electron chi connectivity index (χ3n) is 2.01. The zero-order valence-corrected chi connectivity index (χ0v) is 11.6.